The van der Waals surface area contributed by atoms with Crippen molar-refractivity contribution in [2.45, 2.75) is 32.4 Å². The molecule has 0 radical (unpaired) electrons. The van der Waals surface area contributed by atoms with E-state index in [2.05, 4.69) is 26.6 Å². The number of halogens is 1. The van der Waals surface area contributed by atoms with E-state index < -0.39 is 18.0 Å². The van der Waals surface area contributed by atoms with E-state index in [9.17, 15) is 9.59 Å². The number of thiophene rings is 1. The van der Waals surface area contributed by atoms with Gasteiger partial charge in [0, 0.05) is 14.7 Å². The Bertz CT molecular complexity index is 422. The van der Waals surface area contributed by atoms with Gasteiger partial charge >= 0.3 is 12.0 Å². The molecule has 5 nitrogen and oxygen atoms in total. The van der Waals surface area contributed by atoms with Crippen LogP contribution in [0.15, 0.2) is 15.9 Å². The van der Waals surface area contributed by atoms with Gasteiger partial charge in [0.25, 0.3) is 0 Å². The zero-order valence-corrected chi connectivity index (χ0v) is 12.3. The molecule has 1 atom stereocenters. The van der Waals surface area contributed by atoms with Gasteiger partial charge in [0.2, 0.25) is 0 Å². The Balaban J connectivity index is 2.38. The maximum atomic E-state index is 11.5. The molecule has 7 heteroatoms. The Labute approximate surface area is 118 Å². The van der Waals surface area contributed by atoms with Gasteiger partial charge < -0.3 is 15.7 Å². The molecule has 1 heterocycles. The molecule has 100 valence electrons. The van der Waals surface area contributed by atoms with Crippen LogP contribution in [0.4, 0.5) is 4.79 Å². The molecule has 0 saturated carbocycles. The number of hydrogen-bond acceptors (Lipinski definition) is 3. The van der Waals surface area contributed by atoms with Crippen molar-refractivity contribution in [3.8, 4) is 0 Å². The smallest absolute Gasteiger partial charge is 0.326 e. The Morgan fingerprint density at radius 2 is 2.28 bits per heavy atom. The van der Waals surface area contributed by atoms with E-state index in [1.54, 1.807) is 0 Å². The number of aliphatic carboxylic acids is 1. The average Bonchev–Trinajstić information content (AvgIpc) is 2.72. The highest BCUT2D eigenvalue weighted by molar-refractivity contribution is 9.10. The van der Waals surface area contributed by atoms with E-state index in [1.165, 1.54) is 11.3 Å². The molecule has 2 amide bonds. The van der Waals surface area contributed by atoms with Gasteiger partial charge in [-0.1, -0.05) is 13.3 Å². The molecular weight excluding hydrogens is 320 g/mol. The standard InChI is InChI=1S/C11H15BrN2O3S/c1-2-3-9(10(15)16)14-11(17)13-5-8-4-7(12)6-18-8/h4,6,9H,2-3,5H2,1H3,(H,15,16)(H2,13,14,17)/t9-/m1/s1. The third-order valence-electron chi connectivity index (χ3n) is 2.23. The molecular formula is C11H15BrN2O3S. The number of carboxylic acid groups (broad SMARTS) is 1. The second kappa shape index (κ2) is 7.38. The van der Waals surface area contributed by atoms with Crippen molar-refractivity contribution in [2.24, 2.45) is 0 Å². The fourth-order valence-electron chi connectivity index (χ4n) is 1.37. The van der Waals surface area contributed by atoms with Gasteiger partial charge in [-0.2, -0.15) is 0 Å². The number of carboxylic acids is 1. The number of urea groups is 1. The first-order valence-electron chi connectivity index (χ1n) is 5.53. The molecule has 0 spiro atoms. The molecule has 0 aliphatic heterocycles. The summed E-state index contributed by atoms with van der Waals surface area (Å²) in [4.78, 5) is 23.4. The maximum absolute atomic E-state index is 11.5. The minimum Gasteiger partial charge on any atom is -0.480 e. The Kier molecular flexibility index (Phi) is 6.14. The first-order chi connectivity index (χ1) is 8.52. The SMILES string of the molecule is CCC[C@@H](NC(=O)NCc1cc(Br)cs1)C(=O)O. The van der Waals surface area contributed by atoms with Crippen LogP contribution in [-0.4, -0.2) is 23.1 Å². The summed E-state index contributed by atoms with van der Waals surface area (Å²) in [5.74, 6) is -1.01. The summed E-state index contributed by atoms with van der Waals surface area (Å²) in [5.41, 5.74) is 0. The quantitative estimate of drug-likeness (QED) is 0.748. The number of carbonyl (C=O) groups excluding carboxylic acids is 1. The number of carbonyl (C=O) groups is 2. The number of rotatable bonds is 6. The van der Waals surface area contributed by atoms with Crippen LogP contribution in [0, 0.1) is 0 Å². The van der Waals surface area contributed by atoms with Crippen molar-refractivity contribution < 1.29 is 14.7 Å². The van der Waals surface area contributed by atoms with Crippen LogP contribution >= 0.6 is 27.3 Å². The molecule has 18 heavy (non-hydrogen) atoms. The predicted octanol–water partition coefficient (Wildman–Crippen LogP) is 2.56. The minimum absolute atomic E-state index is 0.389. The van der Waals surface area contributed by atoms with E-state index in [4.69, 9.17) is 5.11 Å². The molecule has 0 aliphatic carbocycles. The van der Waals surface area contributed by atoms with Crippen LogP contribution in [0.3, 0.4) is 0 Å². The predicted molar refractivity (Wildman–Crippen MR) is 73.7 cm³/mol. The largest absolute Gasteiger partial charge is 0.480 e. The van der Waals surface area contributed by atoms with Crippen molar-refractivity contribution in [2.75, 3.05) is 0 Å². The van der Waals surface area contributed by atoms with Crippen LogP contribution in [0.25, 0.3) is 0 Å². The molecule has 1 aromatic heterocycles. The van der Waals surface area contributed by atoms with Crippen LogP contribution in [0.5, 0.6) is 0 Å². The number of nitrogens with one attached hydrogen (secondary N) is 2. The van der Waals surface area contributed by atoms with Gasteiger partial charge in [-0.15, -0.1) is 11.3 Å². The molecule has 0 bridgehead atoms. The highest BCUT2D eigenvalue weighted by atomic mass is 79.9. The van der Waals surface area contributed by atoms with Gasteiger partial charge in [0.15, 0.2) is 0 Å². The van der Waals surface area contributed by atoms with Crippen molar-refractivity contribution in [1.29, 1.82) is 0 Å². The van der Waals surface area contributed by atoms with Crippen molar-refractivity contribution in [3.05, 3.63) is 20.8 Å². The topological polar surface area (TPSA) is 78.4 Å². The second-order valence-corrected chi connectivity index (χ2v) is 5.65. The normalized spacial score (nSPS) is 11.9. The molecule has 0 fully saturated rings. The second-order valence-electron chi connectivity index (χ2n) is 3.74. The number of amides is 2. The zero-order valence-electron chi connectivity index (χ0n) is 9.90. The lowest BCUT2D eigenvalue weighted by atomic mass is 10.2. The average molecular weight is 335 g/mol. The zero-order chi connectivity index (χ0) is 13.5. The summed E-state index contributed by atoms with van der Waals surface area (Å²) in [6.45, 7) is 2.26. The van der Waals surface area contributed by atoms with Crippen LogP contribution < -0.4 is 10.6 Å². The molecule has 1 rings (SSSR count). The van der Waals surface area contributed by atoms with Crippen molar-refractivity contribution in [1.82, 2.24) is 10.6 Å². The summed E-state index contributed by atoms with van der Waals surface area (Å²) in [5, 5.41) is 15.9. The van der Waals surface area contributed by atoms with Crippen LogP contribution in [0.2, 0.25) is 0 Å². The summed E-state index contributed by atoms with van der Waals surface area (Å²) >= 11 is 4.84. The molecule has 0 saturated heterocycles. The highest BCUT2D eigenvalue weighted by Gasteiger charge is 2.18. The summed E-state index contributed by atoms with van der Waals surface area (Å²) in [6, 6.07) is 0.622. The molecule has 0 aliphatic rings. The third kappa shape index (κ3) is 5.05. The molecule has 0 aromatic carbocycles. The van der Waals surface area contributed by atoms with Gasteiger partial charge in [-0.05, 0) is 28.4 Å². The van der Waals surface area contributed by atoms with Gasteiger partial charge in [-0.3, -0.25) is 0 Å². The first-order valence-corrected chi connectivity index (χ1v) is 7.20. The van der Waals surface area contributed by atoms with E-state index >= 15 is 0 Å². The van der Waals surface area contributed by atoms with Gasteiger partial charge in [-0.25, -0.2) is 9.59 Å². The van der Waals surface area contributed by atoms with E-state index in [0.29, 0.717) is 19.4 Å². The lowest BCUT2D eigenvalue weighted by Gasteiger charge is -2.13. The lowest BCUT2D eigenvalue weighted by molar-refractivity contribution is -0.139. The van der Waals surface area contributed by atoms with E-state index in [-0.39, 0.29) is 0 Å². The van der Waals surface area contributed by atoms with Gasteiger partial charge in [0.05, 0.1) is 6.54 Å². The van der Waals surface area contributed by atoms with Crippen LogP contribution in [0.1, 0.15) is 24.6 Å². The lowest BCUT2D eigenvalue weighted by Crippen LogP contribution is -2.45. The Morgan fingerprint density at radius 1 is 1.56 bits per heavy atom. The monoisotopic (exact) mass is 334 g/mol. The molecule has 3 N–H and O–H groups in total. The highest BCUT2D eigenvalue weighted by Crippen LogP contribution is 2.19. The number of hydrogen-bond donors (Lipinski definition) is 3. The summed E-state index contributed by atoms with van der Waals surface area (Å²) < 4.78 is 0.971. The summed E-state index contributed by atoms with van der Waals surface area (Å²) in [7, 11) is 0. The van der Waals surface area contributed by atoms with Crippen molar-refractivity contribution in [3.63, 3.8) is 0 Å². The molecule has 0 unspecified atom stereocenters. The molecule has 1 aromatic rings. The van der Waals surface area contributed by atoms with Crippen molar-refractivity contribution >= 4 is 39.3 Å². The fourth-order valence-corrected chi connectivity index (χ4v) is 2.76. The van der Waals surface area contributed by atoms with Gasteiger partial charge in [0.1, 0.15) is 6.04 Å². The summed E-state index contributed by atoms with van der Waals surface area (Å²) in [6.07, 6.45) is 1.13. The third-order valence-corrected chi connectivity index (χ3v) is 3.92. The first kappa shape index (κ1) is 15.0. The van der Waals surface area contributed by atoms with E-state index in [1.807, 2.05) is 18.4 Å². The minimum atomic E-state index is -1.01. The fraction of sp³-hybridized carbons (Fsp3) is 0.455. The van der Waals surface area contributed by atoms with E-state index in [0.717, 1.165) is 9.35 Å². The Hall–Kier alpha value is -1.08. The van der Waals surface area contributed by atoms with Crippen LogP contribution in [-0.2, 0) is 11.3 Å². The Morgan fingerprint density at radius 3 is 2.78 bits per heavy atom. The maximum Gasteiger partial charge on any atom is 0.326 e.